The van der Waals surface area contributed by atoms with Crippen molar-refractivity contribution in [3.8, 4) is 0 Å². The van der Waals surface area contributed by atoms with Crippen LogP contribution in [-0.2, 0) is 17.2 Å². The molecular formula is C4H6O4Se2. The third kappa shape index (κ3) is 4.82. The van der Waals surface area contributed by atoms with Gasteiger partial charge in [0, 0.05) is 0 Å². The van der Waals surface area contributed by atoms with Crippen LogP contribution in [0.4, 0.5) is 0 Å². The Hall–Kier alpha value is -0.0210. The minimum atomic E-state index is -0.432. The van der Waals surface area contributed by atoms with Crippen molar-refractivity contribution in [1.29, 1.82) is 0 Å². The van der Waals surface area contributed by atoms with Gasteiger partial charge >= 0.3 is 74.7 Å². The van der Waals surface area contributed by atoms with E-state index in [0.717, 1.165) is 0 Å². The fraction of sp³-hybridized carbons (Fsp3) is 0.500. The second-order valence-electron chi connectivity index (χ2n) is 1.43. The molecule has 0 atom stereocenters. The average Bonchev–Trinajstić information content (AvgIpc) is 1.99. The number of rotatable bonds is 3. The summed E-state index contributed by atoms with van der Waals surface area (Å²) in [5.41, 5.74) is 0. The molecule has 4 nitrogen and oxygen atoms in total. The van der Waals surface area contributed by atoms with E-state index in [2.05, 4.69) is 7.64 Å². The van der Waals surface area contributed by atoms with Crippen molar-refractivity contribution < 1.29 is 17.2 Å². The molecule has 0 saturated heterocycles. The fourth-order valence-electron chi connectivity index (χ4n) is 0.295. The van der Waals surface area contributed by atoms with E-state index in [9.17, 15) is 9.59 Å². The predicted octanol–water partition coefficient (Wildman–Crippen LogP) is -1.52. The summed E-state index contributed by atoms with van der Waals surface area (Å²) in [6.07, 6.45) is 0.122. The third-order valence-corrected chi connectivity index (χ3v) is 1.59. The van der Waals surface area contributed by atoms with Gasteiger partial charge in [0.15, 0.2) is 0 Å². The van der Waals surface area contributed by atoms with Gasteiger partial charge in [-0.25, -0.2) is 0 Å². The van der Waals surface area contributed by atoms with Gasteiger partial charge in [0.1, 0.15) is 0 Å². The molecule has 0 aliphatic heterocycles. The molecule has 0 aromatic rings. The Morgan fingerprint density at radius 1 is 1.00 bits per heavy atom. The van der Waals surface area contributed by atoms with E-state index < -0.39 is 11.9 Å². The van der Waals surface area contributed by atoms with E-state index in [4.69, 9.17) is 0 Å². The number of carbonyl (C=O) groups excluding carboxylic acids is 2. The quantitative estimate of drug-likeness (QED) is 0.588. The molecule has 0 aliphatic rings. The molecule has 0 radical (unpaired) electrons. The molecule has 0 bridgehead atoms. The van der Waals surface area contributed by atoms with Crippen LogP contribution in [0.5, 0.6) is 0 Å². The van der Waals surface area contributed by atoms with Crippen LogP contribution in [0.25, 0.3) is 0 Å². The van der Waals surface area contributed by atoms with E-state index in [-0.39, 0.29) is 12.8 Å². The zero-order chi connectivity index (χ0) is 7.98. The maximum atomic E-state index is 10.4. The molecule has 0 heterocycles. The SMILES string of the molecule is O=C(CCC(=O)O[SeH])O[SeH]. The first-order valence-corrected chi connectivity index (χ1v) is 3.92. The molecule has 6 heteroatoms. The van der Waals surface area contributed by atoms with Crippen molar-refractivity contribution in [1.82, 2.24) is 0 Å². The minimum absolute atomic E-state index is 0.0609. The molecule has 10 heavy (non-hydrogen) atoms. The Morgan fingerprint density at radius 3 is 1.50 bits per heavy atom. The van der Waals surface area contributed by atoms with Crippen LogP contribution >= 0.6 is 0 Å². The van der Waals surface area contributed by atoms with Crippen LogP contribution in [0.1, 0.15) is 12.8 Å². The molecule has 0 aromatic carbocycles. The van der Waals surface area contributed by atoms with Gasteiger partial charge in [0.25, 0.3) is 0 Å². The van der Waals surface area contributed by atoms with Crippen molar-refractivity contribution >= 4 is 44.6 Å². The van der Waals surface area contributed by atoms with Gasteiger partial charge in [-0.2, -0.15) is 0 Å². The molecule has 58 valence electrons. The van der Waals surface area contributed by atoms with Crippen molar-refractivity contribution in [2.45, 2.75) is 12.8 Å². The normalized spacial score (nSPS) is 8.60. The first kappa shape index (κ1) is 9.98. The third-order valence-electron chi connectivity index (χ3n) is 0.737. The van der Waals surface area contributed by atoms with Gasteiger partial charge in [0.2, 0.25) is 0 Å². The number of carbonyl (C=O) groups is 2. The summed E-state index contributed by atoms with van der Waals surface area (Å²) in [6.45, 7) is 0. The van der Waals surface area contributed by atoms with Gasteiger partial charge in [-0.1, -0.05) is 0 Å². The Kier molecular flexibility index (Phi) is 5.73. The maximum absolute atomic E-state index is 10.4. The molecular weight excluding hydrogens is 270 g/mol. The predicted molar refractivity (Wildman–Crippen MR) is 35.7 cm³/mol. The first-order chi connectivity index (χ1) is 4.70. The Bertz CT molecular complexity index is 119. The second kappa shape index (κ2) is 5.74. The van der Waals surface area contributed by atoms with Crippen LogP contribution < -0.4 is 0 Å². The zero-order valence-electron chi connectivity index (χ0n) is 4.94. The van der Waals surface area contributed by atoms with Crippen LogP contribution in [-0.4, -0.2) is 44.6 Å². The first-order valence-electron chi connectivity index (χ1n) is 2.39. The summed E-state index contributed by atoms with van der Waals surface area (Å²) in [6, 6.07) is 0. The molecule has 0 spiro atoms. The molecule has 0 rings (SSSR count). The Labute approximate surface area is 74.9 Å². The van der Waals surface area contributed by atoms with Gasteiger partial charge < -0.3 is 0 Å². The van der Waals surface area contributed by atoms with Crippen molar-refractivity contribution in [2.24, 2.45) is 0 Å². The topological polar surface area (TPSA) is 52.6 Å². The van der Waals surface area contributed by atoms with Crippen molar-refractivity contribution in [3.05, 3.63) is 0 Å². The van der Waals surface area contributed by atoms with Gasteiger partial charge in [0.05, 0.1) is 0 Å². The van der Waals surface area contributed by atoms with E-state index in [1.807, 2.05) is 0 Å². The second-order valence-corrected chi connectivity index (χ2v) is 2.19. The van der Waals surface area contributed by atoms with Crippen LogP contribution in [0, 0.1) is 0 Å². The molecule has 0 unspecified atom stereocenters. The van der Waals surface area contributed by atoms with Crippen LogP contribution in [0.2, 0.25) is 0 Å². The van der Waals surface area contributed by atoms with Crippen LogP contribution in [0.15, 0.2) is 0 Å². The monoisotopic (exact) mass is 278 g/mol. The summed E-state index contributed by atoms with van der Waals surface area (Å²) >= 11 is 3.35. The van der Waals surface area contributed by atoms with Crippen molar-refractivity contribution in [3.63, 3.8) is 0 Å². The van der Waals surface area contributed by atoms with Crippen LogP contribution in [0.3, 0.4) is 0 Å². The Morgan fingerprint density at radius 2 is 1.30 bits per heavy atom. The standard InChI is InChI=1S/C4H6O4Se2/c5-3(7-9)1-2-4(6)8-10/h9-10H,1-2H2. The van der Waals surface area contributed by atoms with Gasteiger partial charge in [-0.3, -0.25) is 0 Å². The molecule has 0 N–H and O–H groups in total. The molecule has 0 amide bonds. The van der Waals surface area contributed by atoms with E-state index in [0.29, 0.717) is 0 Å². The zero-order valence-corrected chi connectivity index (χ0v) is 8.69. The molecule has 0 aliphatic carbocycles. The molecule has 0 fully saturated rings. The summed E-state index contributed by atoms with van der Waals surface area (Å²) in [5, 5.41) is 0. The van der Waals surface area contributed by atoms with E-state index in [1.165, 1.54) is 0 Å². The summed E-state index contributed by atoms with van der Waals surface area (Å²) in [5.74, 6) is -0.865. The summed E-state index contributed by atoms with van der Waals surface area (Å²) in [4.78, 5) is 20.8. The molecule has 0 aromatic heterocycles. The van der Waals surface area contributed by atoms with Crippen molar-refractivity contribution in [2.75, 3.05) is 0 Å². The number of hydrogen-bond acceptors (Lipinski definition) is 4. The Balaban J connectivity index is 3.35. The fourth-order valence-corrected chi connectivity index (χ4v) is 0.678. The summed E-state index contributed by atoms with van der Waals surface area (Å²) in [7, 11) is 0. The number of hydrogen-bond donors (Lipinski definition) is 0. The van der Waals surface area contributed by atoms with E-state index >= 15 is 0 Å². The van der Waals surface area contributed by atoms with E-state index in [1.54, 1.807) is 32.7 Å². The van der Waals surface area contributed by atoms with Gasteiger partial charge in [-0.15, -0.1) is 0 Å². The van der Waals surface area contributed by atoms with Gasteiger partial charge in [-0.05, 0) is 0 Å². The molecule has 0 saturated carbocycles. The summed E-state index contributed by atoms with van der Waals surface area (Å²) < 4.78 is 8.46. The average molecular weight is 276 g/mol.